The summed E-state index contributed by atoms with van der Waals surface area (Å²) in [6.45, 7) is 3.70. The number of nitrogens with one attached hydrogen (secondary N) is 1. The van der Waals surface area contributed by atoms with E-state index in [4.69, 9.17) is 9.47 Å². The van der Waals surface area contributed by atoms with E-state index in [1.165, 1.54) is 0 Å². The van der Waals surface area contributed by atoms with Gasteiger partial charge in [-0.2, -0.15) is 5.26 Å². The van der Waals surface area contributed by atoms with Gasteiger partial charge in [0.25, 0.3) is 5.91 Å². The fourth-order valence-corrected chi connectivity index (χ4v) is 4.42. The van der Waals surface area contributed by atoms with Crippen molar-refractivity contribution >= 4 is 25.2 Å². The summed E-state index contributed by atoms with van der Waals surface area (Å²) in [5, 5.41) is 31.5. The van der Waals surface area contributed by atoms with Gasteiger partial charge in [0.1, 0.15) is 11.6 Å². The fourth-order valence-electron chi connectivity index (χ4n) is 4.42. The summed E-state index contributed by atoms with van der Waals surface area (Å²) in [5.74, 6) is -1.20. The van der Waals surface area contributed by atoms with E-state index in [1.54, 1.807) is 11.0 Å². The van der Waals surface area contributed by atoms with Crippen LogP contribution in [-0.4, -0.2) is 72.4 Å². The SMILES string of the molecule is CCN(C(=O)C(C#N)=Cc1cccc(CCOC(=O)NC(Cc2ccccc2)B(O)O)c1)C1CCOCC1. The number of ether oxygens (including phenoxy) is 2. The largest absolute Gasteiger partial charge is 0.475 e. The van der Waals surface area contributed by atoms with E-state index < -0.39 is 19.2 Å². The number of likely N-dealkylation sites (N-methyl/N-ethyl adjacent to an activating group) is 1. The number of amides is 2. The molecular weight excluding hydrogens is 485 g/mol. The number of rotatable bonds is 11. The molecule has 2 amide bonds. The molecule has 38 heavy (non-hydrogen) atoms. The Bertz CT molecular complexity index is 1130. The van der Waals surface area contributed by atoms with Gasteiger partial charge in [0.15, 0.2) is 0 Å². The molecule has 0 radical (unpaired) electrons. The van der Waals surface area contributed by atoms with Crippen LogP contribution in [0, 0.1) is 11.3 Å². The molecule has 2 aromatic carbocycles. The van der Waals surface area contributed by atoms with Crippen LogP contribution in [0.1, 0.15) is 36.5 Å². The van der Waals surface area contributed by atoms with Crippen molar-refractivity contribution in [3.63, 3.8) is 0 Å². The van der Waals surface area contributed by atoms with Crippen molar-refractivity contribution in [2.24, 2.45) is 0 Å². The summed E-state index contributed by atoms with van der Waals surface area (Å²) in [6, 6.07) is 18.6. The maximum absolute atomic E-state index is 13.1. The van der Waals surface area contributed by atoms with Crippen LogP contribution in [0.4, 0.5) is 4.79 Å². The molecule has 3 N–H and O–H groups in total. The Morgan fingerprint density at radius 2 is 1.89 bits per heavy atom. The van der Waals surface area contributed by atoms with Gasteiger partial charge in [-0.15, -0.1) is 0 Å². The molecule has 1 heterocycles. The molecule has 0 saturated carbocycles. The third-order valence-electron chi connectivity index (χ3n) is 6.43. The first-order valence-electron chi connectivity index (χ1n) is 12.8. The van der Waals surface area contributed by atoms with Crippen LogP contribution in [0.2, 0.25) is 0 Å². The molecular formula is C28H34BN3O6. The van der Waals surface area contributed by atoms with Crippen molar-refractivity contribution in [2.75, 3.05) is 26.4 Å². The molecule has 0 bridgehead atoms. The second-order valence-electron chi connectivity index (χ2n) is 9.09. The predicted octanol–water partition coefficient (Wildman–Crippen LogP) is 2.51. The van der Waals surface area contributed by atoms with Crippen LogP contribution in [0.25, 0.3) is 6.08 Å². The van der Waals surface area contributed by atoms with E-state index in [9.17, 15) is 24.9 Å². The first kappa shape index (κ1) is 28.9. The summed E-state index contributed by atoms with van der Waals surface area (Å²) >= 11 is 0. The lowest BCUT2D eigenvalue weighted by atomic mass is 9.76. The first-order valence-corrected chi connectivity index (χ1v) is 12.8. The molecule has 1 atom stereocenters. The summed E-state index contributed by atoms with van der Waals surface area (Å²) in [7, 11) is -1.74. The monoisotopic (exact) mass is 519 g/mol. The quantitative estimate of drug-likeness (QED) is 0.236. The van der Waals surface area contributed by atoms with Gasteiger partial charge in [-0.05, 0) is 49.0 Å². The number of nitriles is 1. The van der Waals surface area contributed by atoms with E-state index in [2.05, 4.69) is 5.32 Å². The third-order valence-corrected chi connectivity index (χ3v) is 6.43. The van der Waals surface area contributed by atoms with Crippen LogP contribution >= 0.6 is 0 Å². The summed E-state index contributed by atoms with van der Waals surface area (Å²) < 4.78 is 10.6. The van der Waals surface area contributed by atoms with E-state index in [0.29, 0.717) is 31.7 Å². The number of hydrogen-bond donors (Lipinski definition) is 3. The molecule has 1 aliphatic rings. The Hall–Kier alpha value is -3.65. The number of benzene rings is 2. The highest BCUT2D eigenvalue weighted by molar-refractivity contribution is 6.43. The third kappa shape index (κ3) is 8.73. The summed E-state index contributed by atoms with van der Waals surface area (Å²) in [5.41, 5.74) is 2.47. The average molecular weight is 519 g/mol. The maximum atomic E-state index is 13.1. The van der Waals surface area contributed by atoms with Gasteiger partial charge in [-0.25, -0.2) is 4.79 Å². The Balaban J connectivity index is 1.56. The normalized spacial score (nSPS) is 14.7. The Labute approximate surface area is 223 Å². The average Bonchev–Trinajstić information content (AvgIpc) is 2.93. The summed E-state index contributed by atoms with van der Waals surface area (Å²) in [4.78, 5) is 27.1. The van der Waals surface area contributed by atoms with Crippen LogP contribution < -0.4 is 5.32 Å². The van der Waals surface area contributed by atoms with Crippen molar-refractivity contribution in [3.8, 4) is 6.07 Å². The van der Waals surface area contributed by atoms with E-state index in [0.717, 1.165) is 24.0 Å². The highest BCUT2D eigenvalue weighted by Gasteiger charge is 2.27. The Morgan fingerprint density at radius 1 is 1.18 bits per heavy atom. The van der Waals surface area contributed by atoms with Crippen LogP contribution in [0.15, 0.2) is 60.2 Å². The number of alkyl carbamates (subject to hydrolysis) is 1. The Kier molecular flexibility index (Phi) is 11.4. The number of hydrogen-bond acceptors (Lipinski definition) is 7. The van der Waals surface area contributed by atoms with Crippen molar-refractivity contribution in [1.29, 1.82) is 5.26 Å². The molecule has 9 nitrogen and oxygen atoms in total. The second kappa shape index (κ2) is 14.9. The second-order valence-corrected chi connectivity index (χ2v) is 9.09. The van der Waals surface area contributed by atoms with Gasteiger partial charge < -0.3 is 29.7 Å². The first-order chi connectivity index (χ1) is 18.4. The predicted molar refractivity (Wildman–Crippen MR) is 144 cm³/mol. The lowest BCUT2D eigenvalue weighted by molar-refractivity contribution is -0.130. The molecule has 3 rings (SSSR count). The smallest absolute Gasteiger partial charge is 0.449 e. The molecule has 1 unspecified atom stereocenters. The van der Waals surface area contributed by atoms with Gasteiger partial charge in [-0.1, -0.05) is 54.6 Å². The minimum atomic E-state index is -1.74. The lowest BCUT2D eigenvalue weighted by Crippen LogP contribution is -2.48. The zero-order chi connectivity index (χ0) is 27.3. The zero-order valence-corrected chi connectivity index (χ0v) is 21.6. The number of carbonyl (C=O) groups is 2. The summed E-state index contributed by atoms with van der Waals surface area (Å²) in [6.07, 6.45) is 2.99. The minimum absolute atomic E-state index is 0.0619. The number of carbonyl (C=O) groups excluding carboxylic acids is 2. The lowest BCUT2D eigenvalue weighted by Gasteiger charge is -2.33. The maximum Gasteiger partial charge on any atom is 0.475 e. The molecule has 1 aliphatic heterocycles. The highest BCUT2D eigenvalue weighted by atomic mass is 16.5. The molecule has 0 aliphatic carbocycles. The van der Waals surface area contributed by atoms with Gasteiger partial charge in [0.2, 0.25) is 0 Å². The van der Waals surface area contributed by atoms with Gasteiger partial charge in [0.05, 0.1) is 12.5 Å². The fraction of sp³-hybridized carbons (Fsp3) is 0.393. The molecule has 200 valence electrons. The van der Waals surface area contributed by atoms with E-state index >= 15 is 0 Å². The standard InChI is InChI=1S/C28H34BN3O6/c1-2-32(25-12-14-37-15-13-25)27(33)24(20-30)18-23-10-6-9-22(17-23)11-16-38-28(34)31-26(29(35)36)19-21-7-4-3-5-8-21/h3-10,17-18,25-26,35-36H,2,11-16,19H2,1H3,(H,31,34). The minimum Gasteiger partial charge on any atom is -0.449 e. The van der Waals surface area contributed by atoms with Gasteiger partial charge >= 0.3 is 13.2 Å². The number of nitrogens with zero attached hydrogens (tertiary/aromatic N) is 2. The zero-order valence-electron chi connectivity index (χ0n) is 21.6. The molecule has 1 fully saturated rings. The van der Waals surface area contributed by atoms with Crippen molar-refractivity contribution in [3.05, 3.63) is 76.9 Å². The molecule has 10 heteroatoms. The van der Waals surface area contributed by atoms with Crippen LogP contribution in [-0.2, 0) is 27.1 Å². The van der Waals surface area contributed by atoms with Crippen LogP contribution in [0.3, 0.4) is 0 Å². The van der Waals surface area contributed by atoms with E-state index in [1.807, 2.05) is 67.6 Å². The highest BCUT2D eigenvalue weighted by Crippen LogP contribution is 2.18. The van der Waals surface area contributed by atoms with E-state index in [-0.39, 0.29) is 30.5 Å². The van der Waals surface area contributed by atoms with Crippen molar-refractivity contribution < 1.29 is 29.1 Å². The van der Waals surface area contributed by atoms with Crippen molar-refractivity contribution in [1.82, 2.24) is 10.2 Å². The van der Waals surface area contributed by atoms with Gasteiger partial charge in [-0.3, -0.25) is 4.79 Å². The Morgan fingerprint density at radius 3 is 2.55 bits per heavy atom. The molecule has 1 saturated heterocycles. The molecule has 0 aromatic heterocycles. The topological polar surface area (TPSA) is 132 Å². The molecule has 0 spiro atoms. The molecule has 2 aromatic rings. The van der Waals surface area contributed by atoms with Crippen LogP contribution in [0.5, 0.6) is 0 Å². The van der Waals surface area contributed by atoms with Crippen molar-refractivity contribution in [2.45, 2.75) is 44.6 Å². The van der Waals surface area contributed by atoms with Gasteiger partial charge in [0, 0.05) is 32.2 Å².